The van der Waals surface area contributed by atoms with Crippen LogP contribution in [0.4, 0.5) is 4.39 Å². The highest BCUT2D eigenvalue weighted by Gasteiger charge is 2.36. The summed E-state index contributed by atoms with van der Waals surface area (Å²) in [5.41, 5.74) is 2.95. The number of aromatic nitrogens is 1. The highest BCUT2D eigenvalue weighted by molar-refractivity contribution is 6.31. The van der Waals surface area contributed by atoms with Crippen LogP contribution in [0.5, 0.6) is 5.75 Å². The van der Waals surface area contributed by atoms with Crippen molar-refractivity contribution in [2.75, 3.05) is 27.2 Å². The molecule has 0 spiro atoms. The van der Waals surface area contributed by atoms with Crippen LogP contribution in [-0.4, -0.2) is 53.0 Å². The van der Waals surface area contributed by atoms with Crippen LogP contribution in [0.25, 0.3) is 10.9 Å². The van der Waals surface area contributed by atoms with E-state index in [9.17, 15) is 14.3 Å². The Morgan fingerprint density at radius 1 is 1.32 bits per heavy atom. The summed E-state index contributed by atoms with van der Waals surface area (Å²) >= 11 is 6.18. The predicted molar refractivity (Wildman–Crippen MR) is 107 cm³/mol. The van der Waals surface area contributed by atoms with Gasteiger partial charge in [0.25, 0.3) is 0 Å². The van der Waals surface area contributed by atoms with Gasteiger partial charge in [0.15, 0.2) is 0 Å². The Bertz CT molecular complexity index is 1060. The number of rotatable bonds is 3. The van der Waals surface area contributed by atoms with Crippen LogP contribution >= 0.6 is 11.6 Å². The molecule has 0 radical (unpaired) electrons. The average Bonchev–Trinajstić information content (AvgIpc) is 3.00. The van der Waals surface area contributed by atoms with Gasteiger partial charge in [-0.2, -0.15) is 0 Å². The number of aromatic amines is 1. The Morgan fingerprint density at radius 3 is 2.86 bits per heavy atom. The van der Waals surface area contributed by atoms with Gasteiger partial charge in [0, 0.05) is 33.7 Å². The van der Waals surface area contributed by atoms with Gasteiger partial charge >= 0.3 is 0 Å². The normalized spacial score (nSPS) is 16.6. The molecule has 0 saturated carbocycles. The van der Waals surface area contributed by atoms with Crippen molar-refractivity contribution in [3.8, 4) is 5.75 Å². The van der Waals surface area contributed by atoms with Gasteiger partial charge in [0.05, 0.1) is 6.54 Å². The number of amides is 1. The molecular formula is C21H21ClFN3O2. The number of phenols is 1. The lowest BCUT2D eigenvalue weighted by atomic mass is 9.91. The van der Waals surface area contributed by atoms with Crippen molar-refractivity contribution in [3.05, 3.63) is 64.1 Å². The molecule has 0 aliphatic carbocycles. The molecule has 0 fully saturated rings. The van der Waals surface area contributed by atoms with Crippen LogP contribution in [-0.2, 0) is 11.2 Å². The maximum Gasteiger partial charge on any atom is 0.237 e. The summed E-state index contributed by atoms with van der Waals surface area (Å²) in [6.45, 7) is 0.678. The Balaban J connectivity index is 1.91. The molecule has 1 atom stereocenters. The molecule has 3 aromatic rings. The number of fused-ring (bicyclic) bond motifs is 3. The molecule has 28 heavy (non-hydrogen) atoms. The first-order valence-electron chi connectivity index (χ1n) is 9.07. The van der Waals surface area contributed by atoms with E-state index in [4.69, 9.17) is 11.6 Å². The molecule has 1 aromatic heterocycles. The molecule has 1 aliphatic rings. The quantitative estimate of drug-likeness (QED) is 0.703. The van der Waals surface area contributed by atoms with Crippen LogP contribution in [0, 0.1) is 5.82 Å². The summed E-state index contributed by atoms with van der Waals surface area (Å²) in [5, 5.41) is 11.6. The molecule has 0 saturated heterocycles. The van der Waals surface area contributed by atoms with Crippen molar-refractivity contribution in [2.45, 2.75) is 12.5 Å². The van der Waals surface area contributed by atoms with Crippen LogP contribution in [0.1, 0.15) is 22.9 Å². The van der Waals surface area contributed by atoms with Gasteiger partial charge in [-0.15, -0.1) is 0 Å². The van der Waals surface area contributed by atoms with E-state index < -0.39 is 11.9 Å². The fraction of sp³-hybridized carbons (Fsp3) is 0.286. The molecule has 1 aliphatic heterocycles. The standard InChI is InChI=1S/C21H21ClFN3O2/c1-25(2)11-19(28)26-8-7-14-15-9-12(22)3-6-18(15)24-20(14)21(26)16-10-13(27)4-5-17(16)23/h3-6,9-10,21,24,27H,7-8,11H2,1-2H3. The monoisotopic (exact) mass is 401 g/mol. The minimum absolute atomic E-state index is 0.0392. The van der Waals surface area contributed by atoms with E-state index in [0.29, 0.717) is 18.0 Å². The number of carbonyl (C=O) groups is 1. The SMILES string of the molecule is CN(C)CC(=O)N1CCc2c([nH]c3ccc(Cl)cc23)C1c1cc(O)ccc1F. The molecule has 5 nitrogen and oxygen atoms in total. The molecule has 7 heteroatoms. The zero-order chi connectivity index (χ0) is 20.0. The molecule has 4 rings (SSSR count). The number of hydrogen-bond donors (Lipinski definition) is 2. The maximum absolute atomic E-state index is 14.8. The smallest absolute Gasteiger partial charge is 0.237 e. The number of nitrogens with zero attached hydrogens (tertiary/aromatic N) is 2. The Hall–Kier alpha value is -2.57. The summed E-state index contributed by atoms with van der Waals surface area (Å²) in [7, 11) is 3.64. The summed E-state index contributed by atoms with van der Waals surface area (Å²) in [6, 6.07) is 8.85. The first-order chi connectivity index (χ1) is 13.3. The van der Waals surface area contributed by atoms with E-state index in [-0.39, 0.29) is 23.8 Å². The van der Waals surface area contributed by atoms with Gasteiger partial charge in [-0.25, -0.2) is 4.39 Å². The maximum atomic E-state index is 14.8. The van der Waals surface area contributed by atoms with Crippen molar-refractivity contribution in [2.24, 2.45) is 0 Å². The third-order valence-electron chi connectivity index (χ3n) is 5.14. The van der Waals surface area contributed by atoms with E-state index in [1.54, 1.807) is 15.9 Å². The van der Waals surface area contributed by atoms with Crippen molar-refractivity contribution in [3.63, 3.8) is 0 Å². The lowest BCUT2D eigenvalue weighted by Gasteiger charge is -2.37. The number of aromatic hydroxyl groups is 1. The largest absolute Gasteiger partial charge is 0.508 e. The van der Waals surface area contributed by atoms with E-state index in [0.717, 1.165) is 22.2 Å². The second kappa shape index (κ2) is 7.11. The van der Waals surface area contributed by atoms with Gasteiger partial charge < -0.3 is 19.9 Å². The molecule has 146 valence electrons. The lowest BCUT2D eigenvalue weighted by molar-refractivity contribution is -0.134. The second-order valence-corrected chi connectivity index (χ2v) is 7.83. The van der Waals surface area contributed by atoms with Crippen LogP contribution in [0.2, 0.25) is 5.02 Å². The summed E-state index contributed by atoms with van der Waals surface area (Å²) in [6.07, 6.45) is 0.645. The number of phenolic OH excluding ortho intramolecular Hbond substituents is 1. The molecule has 1 unspecified atom stereocenters. The van der Waals surface area contributed by atoms with Gasteiger partial charge in [0.1, 0.15) is 17.6 Å². The summed E-state index contributed by atoms with van der Waals surface area (Å²) < 4.78 is 14.8. The number of carbonyl (C=O) groups excluding carboxylic acids is 1. The van der Waals surface area contributed by atoms with Gasteiger partial charge in [-0.3, -0.25) is 4.79 Å². The molecule has 2 heterocycles. The third kappa shape index (κ3) is 3.23. The lowest BCUT2D eigenvalue weighted by Crippen LogP contribution is -2.44. The molecule has 2 aromatic carbocycles. The van der Waals surface area contributed by atoms with Crippen molar-refractivity contribution < 1.29 is 14.3 Å². The Labute approximate surface area is 167 Å². The van der Waals surface area contributed by atoms with E-state index in [1.165, 1.54) is 18.2 Å². The second-order valence-electron chi connectivity index (χ2n) is 7.39. The minimum atomic E-state index is -0.644. The van der Waals surface area contributed by atoms with Crippen molar-refractivity contribution in [1.82, 2.24) is 14.8 Å². The minimum Gasteiger partial charge on any atom is -0.508 e. The predicted octanol–water partition coefficient (Wildman–Crippen LogP) is 3.70. The number of benzene rings is 2. The van der Waals surface area contributed by atoms with Gasteiger partial charge in [0.2, 0.25) is 5.91 Å². The molecule has 1 amide bonds. The van der Waals surface area contributed by atoms with Gasteiger partial charge in [-0.05, 0) is 62.5 Å². The number of hydrogen-bond acceptors (Lipinski definition) is 3. The first kappa shape index (κ1) is 18.8. The van der Waals surface area contributed by atoms with Crippen LogP contribution in [0.3, 0.4) is 0 Å². The Kier molecular flexibility index (Phi) is 4.77. The van der Waals surface area contributed by atoms with E-state index in [1.807, 2.05) is 26.2 Å². The fourth-order valence-corrected chi connectivity index (χ4v) is 4.13. The van der Waals surface area contributed by atoms with E-state index in [2.05, 4.69) is 4.98 Å². The van der Waals surface area contributed by atoms with Crippen LogP contribution in [0.15, 0.2) is 36.4 Å². The Morgan fingerprint density at radius 2 is 2.11 bits per heavy atom. The van der Waals surface area contributed by atoms with Crippen LogP contribution < -0.4 is 0 Å². The third-order valence-corrected chi connectivity index (χ3v) is 5.37. The summed E-state index contributed by atoms with van der Waals surface area (Å²) in [5.74, 6) is -0.599. The van der Waals surface area contributed by atoms with Crippen molar-refractivity contribution >= 4 is 28.4 Å². The number of nitrogens with one attached hydrogen (secondary N) is 1. The molecule has 2 N–H and O–H groups in total. The average molecular weight is 402 g/mol. The molecule has 0 bridgehead atoms. The highest BCUT2D eigenvalue weighted by Crippen LogP contribution is 2.40. The number of likely N-dealkylation sites (N-methyl/N-ethyl adjacent to an activating group) is 1. The zero-order valence-corrected chi connectivity index (χ0v) is 16.4. The fourth-order valence-electron chi connectivity index (χ4n) is 3.95. The van der Waals surface area contributed by atoms with Crippen molar-refractivity contribution in [1.29, 1.82) is 0 Å². The topological polar surface area (TPSA) is 59.6 Å². The number of H-pyrrole nitrogens is 1. The first-order valence-corrected chi connectivity index (χ1v) is 9.45. The summed E-state index contributed by atoms with van der Waals surface area (Å²) in [4.78, 5) is 19.8. The van der Waals surface area contributed by atoms with E-state index >= 15 is 0 Å². The molecular weight excluding hydrogens is 381 g/mol. The van der Waals surface area contributed by atoms with Gasteiger partial charge in [-0.1, -0.05) is 11.6 Å². The highest BCUT2D eigenvalue weighted by atomic mass is 35.5. The number of halogens is 2. The zero-order valence-electron chi connectivity index (χ0n) is 15.7.